The van der Waals surface area contributed by atoms with Gasteiger partial charge < -0.3 is 5.32 Å². The minimum Gasteiger partial charge on any atom is -0.344 e. The van der Waals surface area contributed by atoms with Gasteiger partial charge in [-0.2, -0.15) is 13.2 Å². The molecule has 26 heavy (non-hydrogen) atoms. The van der Waals surface area contributed by atoms with Gasteiger partial charge in [0.05, 0.1) is 17.5 Å². The molecule has 2 nitrogen and oxygen atoms in total. The highest BCUT2D eigenvalue weighted by atomic mass is 35.5. The molecule has 2 aromatic carbocycles. The molecule has 134 valence electrons. The number of amides is 1. The molecule has 1 saturated carbocycles. The lowest BCUT2D eigenvalue weighted by atomic mass is 9.95. The number of hydrogen-bond donors (Lipinski definition) is 1. The first-order valence-corrected chi connectivity index (χ1v) is 8.39. The molecule has 3 rings (SSSR count). The summed E-state index contributed by atoms with van der Waals surface area (Å²) >= 11 is 5.87. The van der Waals surface area contributed by atoms with Gasteiger partial charge in [-0.25, -0.2) is 0 Å². The van der Waals surface area contributed by atoms with E-state index in [1.54, 1.807) is 12.1 Å². The van der Waals surface area contributed by atoms with Gasteiger partial charge in [0, 0.05) is 10.6 Å². The van der Waals surface area contributed by atoms with E-state index in [2.05, 4.69) is 17.2 Å². The predicted molar refractivity (Wildman–Crippen MR) is 93.7 cm³/mol. The van der Waals surface area contributed by atoms with Gasteiger partial charge >= 0.3 is 6.18 Å². The van der Waals surface area contributed by atoms with Gasteiger partial charge in [0.1, 0.15) is 0 Å². The minimum absolute atomic E-state index is 0.0738. The summed E-state index contributed by atoms with van der Waals surface area (Å²) in [6.07, 6.45) is -2.90. The van der Waals surface area contributed by atoms with E-state index >= 15 is 0 Å². The second kappa shape index (κ2) is 7.05. The molecule has 0 aliphatic heterocycles. The van der Waals surface area contributed by atoms with Crippen molar-refractivity contribution in [2.24, 2.45) is 0 Å². The van der Waals surface area contributed by atoms with Crippen molar-refractivity contribution in [3.05, 3.63) is 70.2 Å². The Balaban J connectivity index is 1.62. The molecule has 6 heteroatoms. The first kappa shape index (κ1) is 18.3. The van der Waals surface area contributed by atoms with E-state index in [9.17, 15) is 18.0 Å². The second-order valence-corrected chi connectivity index (χ2v) is 6.59. The molecule has 0 unspecified atom stereocenters. The molecule has 0 radical (unpaired) electrons. The molecule has 0 bridgehead atoms. The van der Waals surface area contributed by atoms with Crippen LogP contribution in [-0.4, -0.2) is 12.5 Å². The van der Waals surface area contributed by atoms with Crippen LogP contribution in [0.1, 0.15) is 29.5 Å². The van der Waals surface area contributed by atoms with E-state index in [-0.39, 0.29) is 18.0 Å². The summed E-state index contributed by atoms with van der Waals surface area (Å²) in [5.41, 5.74) is -0.117. The molecule has 0 saturated heterocycles. The molecule has 0 atom stereocenters. The fourth-order valence-electron chi connectivity index (χ4n) is 2.75. The third kappa shape index (κ3) is 4.03. The zero-order chi connectivity index (χ0) is 18.8. The molecule has 0 heterocycles. The van der Waals surface area contributed by atoms with Crippen LogP contribution in [0.15, 0.2) is 48.5 Å². The van der Waals surface area contributed by atoms with Crippen LogP contribution in [0.3, 0.4) is 0 Å². The number of carbonyl (C=O) groups excluding carboxylic acids is 1. The highest BCUT2D eigenvalue weighted by Crippen LogP contribution is 2.48. The number of benzene rings is 2. The van der Waals surface area contributed by atoms with Crippen LogP contribution >= 0.6 is 11.6 Å². The lowest BCUT2D eigenvalue weighted by Crippen LogP contribution is -2.34. The Morgan fingerprint density at radius 2 is 1.85 bits per heavy atom. The fourth-order valence-corrected chi connectivity index (χ4v) is 2.88. The largest absolute Gasteiger partial charge is 0.416 e. The zero-order valence-electron chi connectivity index (χ0n) is 13.7. The maximum atomic E-state index is 12.7. The van der Waals surface area contributed by atoms with Gasteiger partial charge in [0.2, 0.25) is 5.91 Å². The third-order valence-corrected chi connectivity index (χ3v) is 4.59. The van der Waals surface area contributed by atoms with Crippen LogP contribution in [0, 0.1) is 11.8 Å². The lowest BCUT2D eigenvalue weighted by Gasteiger charge is -2.14. The summed E-state index contributed by atoms with van der Waals surface area (Å²) in [6.45, 7) is 0.0738. The Hall–Kier alpha value is -2.45. The van der Waals surface area contributed by atoms with Gasteiger partial charge in [0.15, 0.2) is 0 Å². The summed E-state index contributed by atoms with van der Waals surface area (Å²) < 4.78 is 38.0. The number of carbonyl (C=O) groups is 1. The lowest BCUT2D eigenvalue weighted by molar-refractivity contribution is -0.137. The normalized spacial score (nSPS) is 14.9. The Labute approximate surface area is 154 Å². The van der Waals surface area contributed by atoms with E-state index < -0.39 is 17.2 Å². The summed E-state index contributed by atoms with van der Waals surface area (Å²) in [5.74, 6) is 5.22. The number of rotatable bonds is 3. The quantitative estimate of drug-likeness (QED) is 0.781. The van der Waals surface area contributed by atoms with Crippen molar-refractivity contribution in [2.75, 3.05) is 6.54 Å². The maximum Gasteiger partial charge on any atom is 0.416 e. The predicted octanol–water partition coefficient (Wildman–Crippen LogP) is 4.56. The summed E-state index contributed by atoms with van der Waals surface area (Å²) in [6, 6.07) is 12.0. The third-order valence-electron chi connectivity index (χ3n) is 4.34. The standard InChI is InChI=1S/C20H15ClF3NO/c21-17-8-6-15(7-9-17)19(10-11-19)18(26)25-12-2-4-14-3-1-5-16(13-14)20(22,23)24/h1,3,5-9,13H,10-12H2,(H,25,26). The van der Waals surface area contributed by atoms with Crippen molar-refractivity contribution >= 4 is 17.5 Å². The van der Waals surface area contributed by atoms with Crippen LogP contribution in [0.25, 0.3) is 0 Å². The van der Waals surface area contributed by atoms with Gasteiger partial charge in [-0.3, -0.25) is 4.79 Å². The minimum atomic E-state index is -4.40. The molecule has 1 fully saturated rings. The molecule has 1 N–H and O–H groups in total. The SMILES string of the molecule is O=C(NCC#Cc1cccc(C(F)(F)F)c1)C1(c2ccc(Cl)cc2)CC1. The van der Waals surface area contributed by atoms with Crippen LogP contribution in [0.4, 0.5) is 13.2 Å². The van der Waals surface area contributed by atoms with E-state index in [1.807, 2.05) is 12.1 Å². The number of halogens is 4. The molecule has 2 aromatic rings. The van der Waals surface area contributed by atoms with Crippen molar-refractivity contribution in [1.29, 1.82) is 0 Å². The molecule has 0 spiro atoms. The monoisotopic (exact) mass is 377 g/mol. The molecular weight excluding hydrogens is 363 g/mol. The van der Waals surface area contributed by atoms with Crippen LogP contribution in [0.2, 0.25) is 5.02 Å². The topological polar surface area (TPSA) is 29.1 Å². The molecular formula is C20H15ClF3NO. The average molecular weight is 378 g/mol. The average Bonchev–Trinajstić information content (AvgIpc) is 3.41. The Morgan fingerprint density at radius 3 is 2.46 bits per heavy atom. The van der Waals surface area contributed by atoms with Crippen LogP contribution in [-0.2, 0) is 16.4 Å². The maximum absolute atomic E-state index is 12.7. The summed E-state index contributed by atoms with van der Waals surface area (Å²) in [4.78, 5) is 12.4. The van der Waals surface area contributed by atoms with Gasteiger partial charge in [0.25, 0.3) is 0 Å². The van der Waals surface area contributed by atoms with Crippen molar-refractivity contribution in [3.63, 3.8) is 0 Å². The van der Waals surface area contributed by atoms with Gasteiger partial charge in [-0.15, -0.1) is 0 Å². The Bertz CT molecular complexity index is 874. The second-order valence-electron chi connectivity index (χ2n) is 6.15. The van der Waals surface area contributed by atoms with Crippen molar-refractivity contribution in [2.45, 2.75) is 24.4 Å². The van der Waals surface area contributed by atoms with E-state index in [0.717, 1.165) is 30.5 Å². The molecule has 1 aliphatic carbocycles. The van der Waals surface area contributed by atoms with Crippen LogP contribution < -0.4 is 5.32 Å². The Kier molecular flexibility index (Phi) is 4.97. The number of hydrogen-bond acceptors (Lipinski definition) is 1. The van der Waals surface area contributed by atoms with Crippen molar-refractivity contribution < 1.29 is 18.0 Å². The highest BCUT2D eigenvalue weighted by molar-refractivity contribution is 6.30. The smallest absolute Gasteiger partial charge is 0.344 e. The van der Waals surface area contributed by atoms with Crippen LogP contribution in [0.5, 0.6) is 0 Å². The highest BCUT2D eigenvalue weighted by Gasteiger charge is 2.50. The zero-order valence-corrected chi connectivity index (χ0v) is 14.4. The van der Waals surface area contributed by atoms with Gasteiger partial charge in [-0.1, -0.05) is 41.6 Å². The fraction of sp³-hybridized carbons (Fsp3) is 0.250. The van der Waals surface area contributed by atoms with Gasteiger partial charge in [-0.05, 0) is 48.7 Å². The van der Waals surface area contributed by atoms with E-state index in [0.29, 0.717) is 5.02 Å². The number of alkyl halides is 3. The summed E-state index contributed by atoms with van der Waals surface area (Å²) in [5, 5.41) is 3.35. The first-order valence-electron chi connectivity index (χ1n) is 8.02. The Morgan fingerprint density at radius 1 is 1.15 bits per heavy atom. The molecule has 0 aromatic heterocycles. The van der Waals surface area contributed by atoms with E-state index in [4.69, 9.17) is 11.6 Å². The molecule has 1 aliphatic rings. The first-order chi connectivity index (χ1) is 12.3. The summed E-state index contributed by atoms with van der Waals surface area (Å²) in [7, 11) is 0. The van der Waals surface area contributed by atoms with Crippen molar-refractivity contribution in [3.8, 4) is 11.8 Å². The molecule has 1 amide bonds. The number of nitrogens with one attached hydrogen (secondary N) is 1. The van der Waals surface area contributed by atoms with Crippen molar-refractivity contribution in [1.82, 2.24) is 5.32 Å². The van der Waals surface area contributed by atoms with E-state index in [1.165, 1.54) is 12.1 Å².